The lowest BCUT2D eigenvalue weighted by Crippen LogP contribution is -2.06. The summed E-state index contributed by atoms with van der Waals surface area (Å²) in [6, 6.07) is 5.40. The van der Waals surface area contributed by atoms with Gasteiger partial charge in [0, 0.05) is 29.8 Å². The minimum absolute atomic E-state index is 0.150. The Bertz CT molecular complexity index is 837. The molecule has 3 heterocycles. The molecule has 0 saturated carbocycles. The third-order valence-corrected chi connectivity index (χ3v) is 3.57. The molecule has 0 unspecified atom stereocenters. The van der Waals surface area contributed by atoms with Gasteiger partial charge >= 0.3 is 0 Å². The number of methoxy groups -OCH3 is 1. The molecular formula is C15H13ClF2N4O. The SMILES string of the molecule is COc1nc(-n2ccc3ccc(Cl)nc32)ncc1CCC(F)F. The van der Waals surface area contributed by atoms with Crippen LogP contribution in [0.25, 0.3) is 17.0 Å². The minimum atomic E-state index is -2.38. The molecule has 0 amide bonds. The van der Waals surface area contributed by atoms with Crippen molar-refractivity contribution in [3.05, 3.63) is 41.3 Å². The second kappa shape index (κ2) is 6.45. The van der Waals surface area contributed by atoms with Crippen molar-refractivity contribution < 1.29 is 13.5 Å². The minimum Gasteiger partial charge on any atom is -0.481 e. The maximum Gasteiger partial charge on any atom is 0.239 e. The highest BCUT2D eigenvalue weighted by molar-refractivity contribution is 6.29. The van der Waals surface area contributed by atoms with E-state index in [1.807, 2.05) is 12.1 Å². The van der Waals surface area contributed by atoms with Crippen molar-refractivity contribution >= 4 is 22.6 Å². The summed E-state index contributed by atoms with van der Waals surface area (Å²) < 4.78 is 31.6. The van der Waals surface area contributed by atoms with E-state index in [9.17, 15) is 8.78 Å². The fraction of sp³-hybridized carbons (Fsp3) is 0.267. The molecule has 0 saturated heterocycles. The van der Waals surface area contributed by atoms with Crippen LogP contribution in [0.2, 0.25) is 5.15 Å². The average Bonchev–Trinajstić information content (AvgIpc) is 2.95. The molecule has 0 aliphatic heterocycles. The summed E-state index contributed by atoms with van der Waals surface area (Å²) >= 11 is 5.93. The molecule has 0 bridgehead atoms. The van der Waals surface area contributed by atoms with Gasteiger partial charge in [-0.15, -0.1) is 0 Å². The zero-order valence-corrected chi connectivity index (χ0v) is 13.0. The quantitative estimate of drug-likeness (QED) is 0.666. The van der Waals surface area contributed by atoms with Crippen LogP contribution in [-0.4, -0.2) is 33.1 Å². The van der Waals surface area contributed by atoms with E-state index in [1.165, 1.54) is 13.3 Å². The maximum absolute atomic E-state index is 12.4. The highest BCUT2D eigenvalue weighted by Crippen LogP contribution is 2.22. The molecule has 0 N–H and O–H groups in total. The Balaban J connectivity index is 2.00. The largest absolute Gasteiger partial charge is 0.481 e. The van der Waals surface area contributed by atoms with Crippen LogP contribution in [0.4, 0.5) is 8.78 Å². The lowest BCUT2D eigenvalue weighted by molar-refractivity contribution is 0.137. The van der Waals surface area contributed by atoms with Crippen LogP contribution in [-0.2, 0) is 6.42 Å². The van der Waals surface area contributed by atoms with Gasteiger partial charge in [-0.05, 0) is 24.6 Å². The first-order valence-electron chi connectivity index (χ1n) is 6.90. The summed E-state index contributed by atoms with van der Waals surface area (Å²) in [5, 5.41) is 1.25. The summed E-state index contributed by atoms with van der Waals surface area (Å²) in [6.07, 6.45) is 0.779. The predicted octanol–water partition coefficient (Wildman–Crippen LogP) is 3.68. The van der Waals surface area contributed by atoms with E-state index in [2.05, 4.69) is 15.0 Å². The van der Waals surface area contributed by atoms with Crippen LogP contribution >= 0.6 is 11.6 Å². The van der Waals surface area contributed by atoms with Gasteiger partial charge in [-0.3, -0.25) is 4.57 Å². The van der Waals surface area contributed by atoms with Crippen LogP contribution in [0.15, 0.2) is 30.6 Å². The number of pyridine rings is 1. The normalized spacial score (nSPS) is 11.3. The van der Waals surface area contributed by atoms with Crippen molar-refractivity contribution in [3.8, 4) is 11.8 Å². The fourth-order valence-electron chi connectivity index (χ4n) is 2.26. The zero-order valence-electron chi connectivity index (χ0n) is 12.2. The van der Waals surface area contributed by atoms with Gasteiger partial charge in [0.1, 0.15) is 10.8 Å². The van der Waals surface area contributed by atoms with E-state index in [1.54, 1.807) is 16.8 Å². The van der Waals surface area contributed by atoms with Crippen LogP contribution in [0.5, 0.6) is 5.88 Å². The summed E-state index contributed by atoms with van der Waals surface area (Å²) in [6.45, 7) is 0. The van der Waals surface area contributed by atoms with Gasteiger partial charge < -0.3 is 4.74 Å². The molecule has 0 fully saturated rings. The van der Waals surface area contributed by atoms with Crippen molar-refractivity contribution in [2.24, 2.45) is 0 Å². The van der Waals surface area contributed by atoms with Crippen LogP contribution in [0.3, 0.4) is 0 Å². The standard InChI is InChI=1S/C15H13ClF2N4O/c1-23-14-10(3-5-12(17)18)8-19-15(21-14)22-7-6-9-2-4-11(16)20-13(9)22/h2,4,6-8,12H,3,5H2,1H3. The number of hydrogen-bond acceptors (Lipinski definition) is 4. The highest BCUT2D eigenvalue weighted by Gasteiger charge is 2.13. The van der Waals surface area contributed by atoms with Crippen LogP contribution in [0.1, 0.15) is 12.0 Å². The number of fused-ring (bicyclic) bond motifs is 1. The van der Waals surface area contributed by atoms with Gasteiger partial charge in [0.25, 0.3) is 0 Å². The fourth-order valence-corrected chi connectivity index (χ4v) is 2.40. The Morgan fingerprint density at radius 2 is 2.09 bits per heavy atom. The van der Waals surface area contributed by atoms with Gasteiger partial charge in [0.05, 0.1) is 7.11 Å². The molecule has 3 aromatic heterocycles. The first-order valence-corrected chi connectivity index (χ1v) is 7.28. The lowest BCUT2D eigenvalue weighted by Gasteiger charge is -2.09. The van der Waals surface area contributed by atoms with Crippen molar-refractivity contribution in [1.82, 2.24) is 19.5 Å². The van der Waals surface area contributed by atoms with Crippen LogP contribution in [0, 0.1) is 0 Å². The molecule has 5 nitrogen and oxygen atoms in total. The maximum atomic E-state index is 12.4. The Hall–Kier alpha value is -2.28. The lowest BCUT2D eigenvalue weighted by atomic mass is 10.2. The number of aromatic nitrogens is 4. The van der Waals surface area contributed by atoms with E-state index >= 15 is 0 Å². The van der Waals surface area contributed by atoms with E-state index in [4.69, 9.17) is 16.3 Å². The topological polar surface area (TPSA) is 52.8 Å². The molecule has 120 valence electrons. The van der Waals surface area contributed by atoms with Gasteiger partial charge in [0.2, 0.25) is 18.3 Å². The van der Waals surface area contributed by atoms with Crippen molar-refractivity contribution in [2.45, 2.75) is 19.3 Å². The number of nitrogens with zero attached hydrogens (tertiary/aromatic N) is 4. The van der Waals surface area contributed by atoms with Gasteiger partial charge in [-0.2, -0.15) is 4.98 Å². The molecule has 0 spiro atoms. The van der Waals surface area contributed by atoms with Gasteiger partial charge in [-0.1, -0.05) is 11.6 Å². The third kappa shape index (κ3) is 3.24. The zero-order chi connectivity index (χ0) is 16.4. The predicted molar refractivity (Wildman–Crippen MR) is 82.5 cm³/mol. The molecule has 0 aromatic carbocycles. The highest BCUT2D eigenvalue weighted by atomic mass is 35.5. The first-order chi connectivity index (χ1) is 11.1. The second-order valence-electron chi connectivity index (χ2n) is 4.87. The Labute approximate surface area is 135 Å². The molecular weight excluding hydrogens is 326 g/mol. The third-order valence-electron chi connectivity index (χ3n) is 3.36. The molecule has 3 aromatic rings. The van der Waals surface area contributed by atoms with Gasteiger partial charge in [0.15, 0.2) is 0 Å². The summed E-state index contributed by atoms with van der Waals surface area (Å²) in [5.41, 5.74) is 1.15. The Kier molecular flexibility index (Phi) is 4.38. The molecule has 8 heteroatoms. The number of rotatable bonds is 5. The second-order valence-corrected chi connectivity index (χ2v) is 5.25. The van der Waals surface area contributed by atoms with Crippen molar-refractivity contribution in [3.63, 3.8) is 0 Å². The molecule has 0 radical (unpaired) electrons. The van der Waals surface area contributed by atoms with E-state index in [0.29, 0.717) is 22.3 Å². The monoisotopic (exact) mass is 338 g/mol. The average molecular weight is 339 g/mol. The summed E-state index contributed by atoms with van der Waals surface area (Å²) in [5.74, 6) is 0.618. The van der Waals surface area contributed by atoms with E-state index < -0.39 is 6.43 Å². The number of hydrogen-bond donors (Lipinski definition) is 0. The van der Waals surface area contributed by atoms with E-state index in [-0.39, 0.29) is 18.7 Å². The molecule has 0 atom stereocenters. The summed E-state index contributed by atoms with van der Waals surface area (Å²) in [4.78, 5) is 12.8. The van der Waals surface area contributed by atoms with Crippen LogP contribution < -0.4 is 4.74 Å². The molecule has 0 aliphatic rings. The smallest absolute Gasteiger partial charge is 0.239 e. The number of ether oxygens (including phenoxy) is 1. The molecule has 23 heavy (non-hydrogen) atoms. The van der Waals surface area contributed by atoms with Crippen molar-refractivity contribution in [2.75, 3.05) is 7.11 Å². The number of aryl methyl sites for hydroxylation is 1. The first kappa shape index (κ1) is 15.6. The Morgan fingerprint density at radius 3 is 2.83 bits per heavy atom. The number of halogens is 3. The van der Waals surface area contributed by atoms with Crippen molar-refractivity contribution in [1.29, 1.82) is 0 Å². The van der Waals surface area contributed by atoms with E-state index in [0.717, 1.165) is 5.39 Å². The molecule has 0 aliphatic carbocycles. The molecule has 3 rings (SSSR count). The number of alkyl halides is 2. The van der Waals surface area contributed by atoms with Gasteiger partial charge in [-0.25, -0.2) is 18.7 Å². The Morgan fingerprint density at radius 1 is 1.26 bits per heavy atom. The summed E-state index contributed by atoms with van der Waals surface area (Å²) in [7, 11) is 1.45.